The number of benzene rings is 1. The largest absolute Gasteiger partial charge is 0.385 e. The molecule has 0 heterocycles. The number of rotatable bonds is 3. The normalized spacial score (nSPS) is 22.7. The van der Waals surface area contributed by atoms with Crippen LogP contribution in [-0.4, -0.2) is 19.0 Å². The van der Waals surface area contributed by atoms with Crippen molar-refractivity contribution in [2.24, 2.45) is 5.92 Å². The highest BCUT2D eigenvalue weighted by atomic mass is 19.1. The lowest BCUT2D eigenvalue weighted by Crippen LogP contribution is -2.27. The van der Waals surface area contributed by atoms with Gasteiger partial charge in [0.15, 0.2) is 0 Å². The van der Waals surface area contributed by atoms with Crippen molar-refractivity contribution in [2.45, 2.75) is 19.4 Å². The van der Waals surface area contributed by atoms with Gasteiger partial charge in [-0.2, -0.15) is 0 Å². The number of carbonyl (C=O) groups is 1. The number of halogens is 1. The van der Waals surface area contributed by atoms with Crippen molar-refractivity contribution in [1.29, 1.82) is 0 Å². The van der Waals surface area contributed by atoms with Crippen LogP contribution in [0.4, 0.5) is 10.1 Å². The zero-order chi connectivity index (χ0) is 11.7. The Morgan fingerprint density at radius 3 is 2.75 bits per heavy atom. The number of carbonyl (C=O) groups excluding carboxylic acids is 1. The molecule has 3 nitrogen and oxygen atoms in total. The first kappa shape index (κ1) is 10.9. The molecule has 0 saturated heterocycles. The highest BCUT2D eigenvalue weighted by Crippen LogP contribution is 2.30. The van der Waals surface area contributed by atoms with Gasteiger partial charge in [-0.15, -0.1) is 0 Å². The summed E-state index contributed by atoms with van der Waals surface area (Å²) in [6.07, 6.45) is 1.01. The monoisotopic (exact) mass is 222 g/mol. The Balaban J connectivity index is 2.18. The van der Waals surface area contributed by atoms with Gasteiger partial charge in [-0.3, -0.25) is 4.79 Å². The van der Waals surface area contributed by atoms with E-state index in [4.69, 9.17) is 0 Å². The second-order valence-electron chi connectivity index (χ2n) is 4.21. The highest BCUT2D eigenvalue weighted by molar-refractivity contribution is 6.00. The van der Waals surface area contributed by atoms with Crippen LogP contribution in [-0.2, 0) is 0 Å². The molecule has 1 aliphatic carbocycles. The van der Waals surface area contributed by atoms with E-state index in [9.17, 15) is 9.18 Å². The van der Waals surface area contributed by atoms with Gasteiger partial charge in [-0.1, -0.05) is 13.0 Å². The number of amides is 1. The highest BCUT2D eigenvalue weighted by Gasteiger charge is 2.34. The molecule has 0 bridgehead atoms. The van der Waals surface area contributed by atoms with Gasteiger partial charge in [0.2, 0.25) is 0 Å². The molecular weight excluding hydrogens is 207 g/mol. The molecule has 1 aromatic carbocycles. The molecule has 0 aliphatic heterocycles. The summed E-state index contributed by atoms with van der Waals surface area (Å²) in [6.45, 7) is 2.08. The molecule has 0 spiro atoms. The maximum absolute atomic E-state index is 13.4. The first-order chi connectivity index (χ1) is 7.63. The molecule has 2 rings (SSSR count). The van der Waals surface area contributed by atoms with Crippen LogP contribution in [0.5, 0.6) is 0 Å². The van der Waals surface area contributed by atoms with E-state index in [0.29, 0.717) is 11.5 Å². The molecule has 2 unspecified atom stereocenters. The predicted molar refractivity (Wildman–Crippen MR) is 61.0 cm³/mol. The van der Waals surface area contributed by atoms with E-state index >= 15 is 0 Å². The number of hydrogen-bond donors (Lipinski definition) is 2. The van der Waals surface area contributed by atoms with Crippen molar-refractivity contribution in [3.63, 3.8) is 0 Å². The first-order valence-electron chi connectivity index (χ1n) is 5.40. The maximum atomic E-state index is 13.4. The molecule has 1 amide bonds. The lowest BCUT2D eigenvalue weighted by Gasteiger charge is -2.10. The zero-order valence-electron chi connectivity index (χ0n) is 9.38. The van der Waals surface area contributed by atoms with E-state index in [-0.39, 0.29) is 17.6 Å². The molecule has 86 valence electrons. The molecule has 0 radical (unpaired) electrons. The smallest absolute Gasteiger partial charge is 0.253 e. The van der Waals surface area contributed by atoms with E-state index in [1.165, 1.54) is 6.07 Å². The van der Waals surface area contributed by atoms with E-state index in [0.717, 1.165) is 6.42 Å². The summed E-state index contributed by atoms with van der Waals surface area (Å²) in [4.78, 5) is 11.9. The van der Waals surface area contributed by atoms with Crippen LogP contribution in [0.3, 0.4) is 0 Å². The lowest BCUT2D eigenvalue weighted by atomic mass is 10.1. The van der Waals surface area contributed by atoms with Crippen LogP contribution >= 0.6 is 0 Å². The van der Waals surface area contributed by atoms with E-state index in [2.05, 4.69) is 17.6 Å². The number of anilines is 1. The minimum atomic E-state index is -0.404. The van der Waals surface area contributed by atoms with Gasteiger partial charge in [-0.25, -0.2) is 4.39 Å². The van der Waals surface area contributed by atoms with Gasteiger partial charge in [-0.05, 0) is 24.5 Å². The molecular formula is C12H15FN2O. The zero-order valence-corrected chi connectivity index (χ0v) is 9.38. The van der Waals surface area contributed by atoms with Gasteiger partial charge in [0.1, 0.15) is 5.82 Å². The molecule has 16 heavy (non-hydrogen) atoms. The van der Waals surface area contributed by atoms with Crippen LogP contribution in [0.25, 0.3) is 0 Å². The minimum absolute atomic E-state index is 0.210. The fourth-order valence-electron chi connectivity index (χ4n) is 1.74. The lowest BCUT2D eigenvalue weighted by molar-refractivity contribution is 0.0950. The van der Waals surface area contributed by atoms with E-state index in [1.807, 2.05) is 0 Å². The number of hydrogen-bond acceptors (Lipinski definition) is 2. The molecule has 4 heteroatoms. The third-order valence-corrected chi connectivity index (χ3v) is 2.93. The molecule has 0 aromatic heterocycles. The Morgan fingerprint density at radius 1 is 1.50 bits per heavy atom. The molecule has 2 atom stereocenters. The summed E-state index contributed by atoms with van der Waals surface area (Å²) < 4.78 is 13.4. The molecule has 1 aliphatic rings. The summed E-state index contributed by atoms with van der Waals surface area (Å²) in [5.41, 5.74) is 0.620. The Hall–Kier alpha value is -1.58. The van der Waals surface area contributed by atoms with Crippen LogP contribution in [0.2, 0.25) is 0 Å². The standard InChI is InChI=1S/C12H15FN2O/c1-7-6-10(7)15-12(16)8-4-3-5-9(13)11(8)14-2/h3-5,7,10,14H,6H2,1-2H3,(H,15,16). The van der Waals surface area contributed by atoms with Crippen molar-refractivity contribution >= 4 is 11.6 Å². The van der Waals surface area contributed by atoms with Crippen LogP contribution in [0.15, 0.2) is 18.2 Å². The third-order valence-electron chi connectivity index (χ3n) is 2.93. The summed E-state index contributed by atoms with van der Waals surface area (Å²) in [5, 5.41) is 5.59. The third kappa shape index (κ3) is 2.01. The Morgan fingerprint density at radius 2 is 2.19 bits per heavy atom. The number of para-hydroxylation sites is 1. The SMILES string of the molecule is CNc1c(F)cccc1C(=O)NC1CC1C. The summed E-state index contributed by atoms with van der Waals surface area (Å²) in [7, 11) is 1.61. The minimum Gasteiger partial charge on any atom is -0.385 e. The van der Waals surface area contributed by atoms with Gasteiger partial charge >= 0.3 is 0 Å². The van der Waals surface area contributed by atoms with Crippen LogP contribution in [0.1, 0.15) is 23.7 Å². The van der Waals surface area contributed by atoms with E-state index in [1.54, 1.807) is 19.2 Å². The van der Waals surface area contributed by atoms with Crippen molar-refractivity contribution < 1.29 is 9.18 Å². The molecule has 2 N–H and O–H groups in total. The maximum Gasteiger partial charge on any atom is 0.253 e. The van der Waals surface area contributed by atoms with E-state index < -0.39 is 5.82 Å². The van der Waals surface area contributed by atoms with Gasteiger partial charge < -0.3 is 10.6 Å². The molecule has 1 saturated carbocycles. The predicted octanol–water partition coefficient (Wildman–Crippen LogP) is 2.01. The van der Waals surface area contributed by atoms with Gasteiger partial charge in [0.25, 0.3) is 5.91 Å². The second kappa shape index (κ2) is 4.12. The van der Waals surface area contributed by atoms with Crippen molar-refractivity contribution in [3.8, 4) is 0 Å². The van der Waals surface area contributed by atoms with Crippen molar-refractivity contribution in [3.05, 3.63) is 29.6 Å². The quantitative estimate of drug-likeness (QED) is 0.821. The summed E-state index contributed by atoms with van der Waals surface area (Å²) in [5.74, 6) is -0.0762. The van der Waals surface area contributed by atoms with Gasteiger partial charge in [0.05, 0.1) is 11.3 Å². The average Bonchev–Trinajstić information content (AvgIpc) is 2.93. The van der Waals surface area contributed by atoms with Crippen molar-refractivity contribution in [2.75, 3.05) is 12.4 Å². The van der Waals surface area contributed by atoms with Crippen LogP contribution in [0, 0.1) is 11.7 Å². The number of nitrogens with one attached hydrogen (secondary N) is 2. The topological polar surface area (TPSA) is 41.1 Å². The Labute approximate surface area is 94.0 Å². The van der Waals surface area contributed by atoms with Crippen LogP contribution < -0.4 is 10.6 Å². The second-order valence-corrected chi connectivity index (χ2v) is 4.21. The Kier molecular flexibility index (Phi) is 2.81. The summed E-state index contributed by atoms with van der Waals surface area (Å²) in [6, 6.07) is 4.75. The van der Waals surface area contributed by atoms with Crippen molar-refractivity contribution in [1.82, 2.24) is 5.32 Å². The fraction of sp³-hybridized carbons (Fsp3) is 0.417. The first-order valence-corrected chi connectivity index (χ1v) is 5.40. The fourth-order valence-corrected chi connectivity index (χ4v) is 1.74. The average molecular weight is 222 g/mol. The molecule has 1 aromatic rings. The molecule has 1 fully saturated rings. The van der Waals surface area contributed by atoms with Gasteiger partial charge in [0, 0.05) is 13.1 Å². The summed E-state index contributed by atoms with van der Waals surface area (Å²) >= 11 is 0. The Bertz CT molecular complexity index is 419.